The molecule has 152 valence electrons. The quantitative estimate of drug-likeness (QED) is 0.487. The number of carbonyl (C=O) groups is 2. The molecule has 0 aliphatic carbocycles. The summed E-state index contributed by atoms with van der Waals surface area (Å²) in [5.74, 6) is 2.17. The van der Waals surface area contributed by atoms with E-state index in [0.717, 1.165) is 35.5 Å². The van der Waals surface area contributed by atoms with E-state index < -0.39 is 0 Å². The van der Waals surface area contributed by atoms with Crippen LogP contribution in [0.4, 0.5) is 0 Å². The first-order valence-corrected chi connectivity index (χ1v) is 11.1. The third-order valence-electron chi connectivity index (χ3n) is 4.73. The second-order valence-electron chi connectivity index (χ2n) is 6.97. The van der Waals surface area contributed by atoms with E-state index in [2.05, 4.69) is 5.32 Å². The molecule has 0 unspecified atom stereocenters. The maximum atomic E-state index is 12.2. The summed E-state index contributed by atoms with van der Waals surface area (Å²) >= 11 is 6.56. The molecule has 1 fully saturated rings. The van der Waals surface area contributed by atoms with E-state index in [4.69, 9.17) is 21.7 Å². The van der Waals surface area contributed by atoms with Crippen LogP contribution in [-0.4, -0.2) is 46.0 Å². The Hall–Kier alpha value is -1.80. The Labute approximate surface area is 175 Å². The predicted molar refractivity (Wildman–Crippen MR) is 114 cm³/mol. The normalized spacial score (nSPS) is 18.2. The number of amides is 2. The molecule has 2 aliphatic rings. The lowest BCUT2D eigenvalue weighted by Gasteiger charge is -2.15. The van der Waals surface area contributed by atoms with E-state index in [-0.39, 0.29) is 17.9 Å². The van der Waals surface area contributed by atoms with Crippen molar-refractivity contribution in [2.75, 3.05) is 18.9 Å². The van der Waals surface area contributed by atoms with Gasteiger partial charge in [-0.2, -0.15) is 0 Å². The Bertz CT molecular complexity index is 753. The van der Waals surface area contributed by atoms with Crippen molar-refractivity contribution >= 4 is 40.1 Å². The lowest BCUT2D eigenvalue weighted by molar-refractivity contribution is -0.124. The van der Waals surface area contributed by atoms with Crippen molar-refractivity contribution in [3.05, 3.63) is 23.3 Å². The molecular formula is C20H26N2O4S2. The van der Waals surface area contributed by atoms with Crippen molar-refractivity contribution in [2.24, 2.45) is 0 Å². The number of thioether (sulfide) groups is 1. The Morgan fingerprint density at radius 2 is 2.25 bits per heavy atom. The SMILES string of the molecule is CCOc1cc2c(cc1CNC(=O)CCCCN1C(=O)CSC1=S)O[C@@H](C)C2. The van der Waals surface area contributed by atoms with Crippen LogP contribution in [0.25, 0.3) is 0 Å². The summed E-state index contributed by atoms with van der Waals surface area (Å²) in [7, 11) is 0. The van der Waals surface area contributed by atoms with Crippen molar-refractivity contribution in [2.45, 2.75) is 52.2 Å². The summed E-state index contributed by atoms with van der Waals surface area (Å²) in [5.41, 5.74) is 2.08. The highest BCUT2D eigenvalue weighted by Gasteiger charge is 2.26. The van der Waals surface area contributed by atoms with E-state index in [0.29, 0.717) is 42.6 Å². The Morgan fingerprint density at radius 1 is 1.43 bits per heavy atom. The number of thiocarbonyl (C=S) groups is 1. The topological polar surface area (TPSA) is 67.9 Å². The van der Waals surface area contributed by atoms with Gasteiger partial charge in [-0.1, -0.05) is 24.0 Å². The number of nitrogens with one attached hydrogen (secondary N) is 1. The van der Waals surface area contributed by atoms with Gasteiger partial charge >= 0.3 is 0 Å². The van der Waals surface area contributed by atoms with Crippen molar-refractivity contribution in [3.63, 3.8) is 0 Å². The molecule has 6 nitrogen and oxygen atoms in total. The van der Waals surface area contributed by atoms with Crippen LogP contribution >= 0.6 is 24.0 Å². The molecule has 2 aliphatic heterocycles. The third-order valence-corrected chi connectivity index (χ3v) is 6.16. The fourth-order valence-corrected chi connectivity index (χ4v) is 4.47. The van der Waals surface area contributed by atoms with Crippen molar-refractivity contribution in [1.82, 2.24) is 10.2 Å². The Morgan fingerprint density at radius 3 is 2.96 bits per heavy atom. The average Bonchev–Trinajstić information content (AvgIpc) is 3.18. The van der Waals surface area contributed by atoms with E-state index >= 15 is 0 Å². The number of fused-ring (bicyclic) bond motifs is 1. The largest absolute Gasteiger partial charge is 0.494 e. The number of benzene rings is 1. The monoisotopic (exact) mass is 422 g/mol. The fourth-order valence-electron chi connectivity index (χ4n) is 3.34. The molecule has 1 saturated heterocycles. The standard InChI is InChI=1S/C20H26N2O4S2/c1-3-25-16-9-14-8-13(2)26-17(14)10-15(16)11-21-18(23)6-4-5-7-22-19(24)12-28-20(22)27/h9-10,13H,3-8,11-12H2,1-2H3,(H,21,23)/t13-/m0/s1. The van der Waals surface area contributed by atoms with Gasteiger partial charge in [0.05, 0.1) is 12.4 Å². The van der Waals surface area contributed by atoms with Gasteiger partial charge in [0, 0.05) is 37.1 Å². The number of unbranched alkanes of at least 4 members (excludes halogenated alkanes) is 1. The van der Waals surface area contributed by atoms with Crippen molar-refractivity contribution in [1.29, 1.82) is 0 Å². The molecule has 1 N–H and O–H groups in total. The molecule has 0 aromatic heterocycles. The van der Waals surface area contributed by atoms with Crippen LogP contribution in [0.1, 0.15) is 44.2 Å². The Kier molecular flexibility index (Phi) is 7.18. The molecule has 1 aromatic rings. The van der Waals surface area contributed by atoms with E-state index in [1.54, 1.807) is 4.90 Å². The smallest absolute Gasteiger partial charge is 0.238 e. The lowest BCUT2D eigenvalue weighted by atomic mass is 10.1. The average molecular weight is 423 g/mol. The van der Waals surface area contributed by atoms with Gasteiger partial charge in [-0.15, -0.1) is 0 Å². The number of carbonyl (C=O) groups excluding carboxylic acids is 2. The minimum absolute atomic E-state index is 0.0121. The summed E-state index contributed by atoms with van der Waals surface area (Å²) in [6, 6.07) is 4.00. The van der Waals surface area contributed by atoms with E-state index in [9.17, 15) is 9.59 Å². The molecular weight excluding hydrogens is 396 g/mol. The maximum absolute atomic E-state index is 12.2. The van der Waals surface area contributed by atoms with Crippen LogP contribution in [0, 0.1) is 0 Å². The molecule has 0 radical (unpaired) electrons. The molecule has 28 heavy (non-hydrogen) atoms. The van der Waals surface area contributed by atoms with Gasteiger partial charge in [0.1, 0.15) is 21.9 Å². The zero-order valence-electron chi connectivity index (χ0n) is 16.3. The van der Waals surface area contributed by atoms with Gasteiger partial charge in [-0.25, -0.2) is 0 Å². The summed E-state index contributed by atoms with van der Waals surface area (Å²) in [4.78, 5) is 25.5. The first-order chi connectivity index (χ1) is 13.5. The molecule has 1 aromatic carbocycles. The first kappa shape index (κ1) is 20.9. The molecule has 0 saturated carbocycles. The van der Waals surface area contributed by atoms with Crippen LogP contribution < -0.4 is 14.8 Å². The molecule has 0 bridgehead atoms. The summed E-state index contributed by atoms with van der Waals surface area (Å²) in [6.07, 6.45) is 2.94. The second kappa shape index (κ2) is 9.60. The first-order valence-electron chi connectivity index (χ1n) is 9.67. The maximum Gasteiger partial charge on any atom is 0.238 e. The zero-order valence-corrected chi connectivity index (χ0v) is 17.9. The van der Waals surface area contributed by atoms with Gasteiger partial charge in [-0.3, -0.25) is 14.5 Å². The molecule has 0 spiro atoms. The van der Waals surface area contributed by atoms with E-state index in [1.165, 1.54) is 11.8 Å². The van der Waals surface area contributed by atoms with Gasteiger partial charge in [0.2, 0.25) is 11.8 Å². The third kappa shape index (κ3) is 5.17. The molecule has 2 amide bonds. The van der Waals surface area contributed by atoms with Crippen molar-refractivity contribution in [3.8, 4) is 11.5 Å². The number of nitrogens with zero attached hydrogens (tertiary/aromatic N) is 1. The van der Waals surface area contributed by atoms with Crippen LogP contribution in [-0.2, 0) is 22.6 Å². The number of hydrogen-bond donors (Lipinski definition) is 1. The highest BCUT2D eigenvalue weighted by Crippen LogP contribution is 2.35. The number of hydrogen-bond acceptors (Lipinski definition) is 6. The van der Waals surface area contributed by atoms with Crippen LogP contribution in [0.2, 0.25) is 0 Å². The van der Waals surface area contributed by atoms with Gasteiger partial charge in [-0.05, 0) is 38.8 Å². The predicted octanol–water partition coefficient (Wildman–Crippen LogP) is 3.06. The molecule has 2 heterocycles. The second-order valence-corrected chi connectivity index (χ2v) is 8.58. The molecule has 1 atom stereocenters. The molecule has 3 rings (SSSR count). The minimum atomic E-state index is -0.0121. The molecule has 8 heteroatoms. The zero-order chi connectivity index (χ0) is 20.1. The Balaban J connectivity index is 1.46. The van der Waals surface area contributed by atoms with Gasteiger partial charge in [0.25, 0.3) is 0 Å². The van der Waals surface area contributed by atoms with Gasteiger partial charge < -0.3 is 14.8 Å². The highest BCUT2D eigenvalue weighted by atomic mass is 32.2. The van der Waals surface area contributed by atoms with E-state index in [1.807, 2.05) is 26.0 Å². The minimum Gasteiger partial charge on any atom is -0.494 e. The summed E-state index contributed by atoms with van der Waals surface area (Å²) < 4.78 is 12.2. The number of ether oxygens (including phenoxy) is 2. The van der Waals surface area contributed by atoms with Crippen LogP contribution in [0.15, 0.2) is 12.1 Å². The van der Waals surface area contributed by atoms with Gasteiger partial charge in [0.15, 0.2) is 0 Å². The number of rotatable bonds is 9. The highest BCUT2D eigenvalue weighted by molar-refractivity contribution is 8.23. The summed E-state index contributed by atoms with van der Waals surface area (Å²) in [6.45, 7) is 5.57. The van der Waals surface area contributed by atoms with Crippen LogP contribution in [0.3, 0.4) is 0 Å². The van der Waals surface area contributed by atoms with Crippen molar-refractivity contribution < 1.29 is 19.1 Å². The van der Waals surface area contributed by atoms with Crippen LogP contribution in [0.5, 0.6) is 11.5 Å². The lowest BCUT2D eigenvalue weighted by Crippen LogP contribution is -2.29. The summed E-state index contributed by atoms with van der Waals surface area (Å²) in [5, 5.41) is 2.96. The fraction of sp³-hybridized carbons (Fsp3) is 0.550.